The molecule has 1 saturated heterocycles. The highest BCUT2D eigenvalue weighted by Gasteiger charge is 2.36. The molecule has 0 aromatic carbocycles. The number of ether oxygens (including phenoxy) is 1. The smallest absolute Gasteiger partial charge is 0.245 e. The highest BCUT2D eigenvalue weighted by Crippen LogP contribution is 2.16. The normalized spacial score (nSPS) is 20.2. The molecule has 21 heavy (non-hydrogen) atoms. The van der Waals surface area contributed by atoms with Crippen LogP contribution in [0.2, 0.25) is 0 Å². The minimum absolute atomic E-state index is 0.0124. The number of nitrogens with one attached hydrogen (secondary N) is 1. The number of hydrogen-bond donors (Lipinski definition) is 2. The predicted molar refractivity (Wildman–Crippen MR) is 84.8 cm³/mol. The van der Waals surface area contributed by atoms with Crippen molar-refractivity contribution in [1.82, 2.24) is 10.2 Å². The fraction of sp³-hybridized carbons (Fsp3) is 0.786. The Morgan fingerprint density at radius 1 is 1.48 bits per heavy atom. The second kappa shape index (κ2) is 8.29. The molecule has 120 valence electrons. The van der Waals surface area contributed by atoms with Gasteiger partial charge in [-0.1, -0.05) is 25.6 Å². The molecular weight excluding hydrogens is 290 g/mol. The zero-order valence-corrected chi connectivity index (χ0v) is 13.7. The van der Waals surface area contributed by atoms with Gasteiger partial charge in [-0.3, -0.25) is 9.59 Å². The third-order valence-corrected chi connectivity index (χ3v) is 3.65. The standard InChI is InChI=1S/C14H25N3O3S/c1-4-5-10(12(15)21)14(19)17-6-7-20-8-11(17)13(18)16-9(2)3/h9-11H,4-8H2,1-3H3,(H2,15,21)(H,16,18). The summed E-state index contributed by atoms with van der Waals surface area (Å²) in [5.41, 5.74) is 5.68. The van der Waals surface area contributed by atoms with Crippen molar-refractivity contribution in [3.63, 3.8) is 0 Å². The lowest BCUT2D eigenvalue weighted by molar-refractivity contribution is -0.150. The van der Waals surface area contributed by atoms with E-state index < -0.39 is 12.0 Å². The van der Waals surface area contributed by atoms with E-state index >= 15 is 0 Å². The van der Waals surface area contributed by atoms with E-state index in [1.807, 2.05) is 20.8 Å². The zero-order valence-electron chi connectivity index (χ0n) is 12.9. The Kier molecular flexibility index (Phi) is 7.04. The predicted octanol–water partition coefficient (Wildman–Crippen LogP) is 0.441. The fourth-order valence-corrected chi connectivity index (χ4v) is 2.56. The maximum Gasteiger partial charge on any atom is 0.245 e. The summed E-state index contributed by atoms with van der Waals surface area (Å²) in [7, 11) is 0. The molecule has 0 saturated carbocycles. The SMILES string of the molecule is CCCC(C(=O)N1CCOCC1C(=O)NC(C)C)C(N)=S. The van der Waals surface area contributed by atoms with Gasteiger partial charge in [0.1, 0.15) is 6.04 Å². The van der Waals surface area contributed by atoms with Crippen LogP contribution in [0.5, 0.6) is 0 Å². The van der Waals surface area contributed by atoms with E-state index in [0.717, 1.165) is 6.42 Å². The molecule has 7 heteroatoms. The summed E-state index contributed by atoms with van der Waals surface area (Å²) in [4.78, 5) is 26.6. The first-order chi connectivity index (χ1) is 9.88. The molecule has 3 N–H and O–H groups in total. The van der Waals surface area contributed by atoms with Crippen LogP contribution in [0.15, 0.2) is 0 Å². The largest absolute Gasteiger partial charge is 0.393 e. The first kappa shape index (κ1) is 17.8. The van der Waals surface area contributed by atoms with Crippen LogP contribution < -0.4 is 11.1 Å². The number of nitrogens with zero attached hydrogens (tertiary/aromatic N) is 1. The Morgan fingerprint density at radius 3 is 2.67 bits per heavy atom. The lowest BCUT2D eigenvalue weighted by Crippen LogP contribution is -2.58. The average molecular weight is 315 g/mol. The summed E-state index contributed by atoms with van der Waals surface area (Å²) in [6.45, 7) is 6.75. The quantitative estimate of drug-likeness (QED) is 0.695. The first-order valence-electron chi connectivity index (χ1n) is 7.36. The van der Waals surface area contributed by atoms with Gasteiger partial charge in [0.15, 0.2) is 0 Å². The summed E-state index contributed by atoms with van der Waals surface area (Å²) in [6.07, 6.45) is 1.41. The van der Waals surface area contributed by atoms with Crippen molar-refractivity contribution < 1.29 is 14.3 Å². The van der Waals surface area contributed by atoms with Gasteiger partial charge in [0.25, 0.3) is 0 Å². The van der Waals surface area contributed by atoms with E-state index in [-0.39, 0.29) is 29.5 Å². The Labute approximate surface area is 131 Å². The van der Waals surface area contributed by atoms with Gasteiger partial charge in [-0.2, -0.15) is 0 Å². The number of hydrogen-bond acceptors (Lipinski definition) is 4. The molecule has 2 atom stereocenters. The van der Waals surface area contributed by atoms with Gasteiger partial charge in [0.2, 0.25) is 11.8 Å². The highest BCUT2D eigenvalue weighted by molar-refractivity contribution is 7.80. The van der Waals surface area contributed by atoms with E-state index in [0.29, 0.717) is 19.6 Å². The highest BCUT2D eigenvalue weighted by atomic mass is 32.1. The van der Waals surface area contributed by atoms with Crippen LogP contribution in [-0.4, -0.2) is 53.5 Å². The summed E-state index contributed by atoms with van der Waals surface area (Å²) >= 11 is 5.00. The summed E-state index contributed by atoms with van der Waals surface area (Å²) in [5.74, 6) is -0.870. The number of morpholine rings is 1. The first-order valence-corrected chi connectivity index (χ1v) is 7.77. The molecule has 0 bridgehead atoms. The maximum absolute atomic E-state index is 12.7. The molecule has 6 nitrogen and oxygen atoms in total. The van der Waals surface area contributed by atoms with Crippen LogP contribution in [0.25, 0.3) is 0 Å². The molecule has 0 aliphatic carbocycles. The molecule has 1 fully saturated rings. The summed E-state index contributed by atoms with van der Waals surface area (Å²) in [6, 6.07) is -0.597. The van der Waals surface area contributed by atoms with Crippen LogP contribution in [0.1, 0.15) is 33.6 Å². The number of carbonyl (C=O) groups is 2. The van der Waals surface area contributed by atoms with Gasteiger partial charge in [0, 0.05) is 12.6 Å². The minimum Gasteiger partial charge on any atom is -0.393 e. The molecule has 1 rings (SSSR count). The fourth-order valence-electron chi connectivity index (χ4n) is 2.34. The number of thiocarbonyl (C=S) groups is 1. The van der Waals surface area contributed by atoms with Crippen molar-refractivity contribution in [3.8, 4) is 0 Å². The number of nitrogens with two attached hydrogens (primary N) is 1. The van der Waals surface area contributed by atoms with Gasteiger partial charge in [0.05, 0.1) is 24.1 Å². The Bertz CT molecular complexity index is 401. The molecule has 1 aliphatic rings. The monoisotopic (exact) mass is 315 g/mol. The van der Waals surface area contributed by atoms with Crippen LogP contribution >= 0.6 is 12.2 Å². The van der Waals surface area contributed by atoms with Crippen LogP contribution in [-0.2, 0) is 14.3 Å². The van der Waals surface area contributed by atoms with Crippen LogP contribution in [0.3, 0.4) is 0 Å². The summed E-state index contributed by atoms with van der Waals surface area (Å²) < 4.78 is 5.35. The number of carbonyl (C=O) groups excluding carboxylic acids is 2. The van der Waals surface area contributed by atoms with E-state index in [1.165, 1.54) is 0 Å². The maximum atomic E-state index is 12.7. The molecule has 0 aromatic rings. The van der Waals surface area contributed by atoms with Crippen molar-refractivity contribution in [2.24, 2.45) is 11.7 Å². The van der Waals surface area contributed by atoms with Crippen molar-refractivity contribution >= 4 is 29.0 Å². The zero-order chi connectivity index (χ0) is 16.0. The van der Waals surface area contributed by atoms with Crippen molar-refractivity contribution in [1.29, 1.82) is 0 Å². The number of amides is 2. The van der Waals surface area contributed by atoms with Gasteiger partial charge in [-0.15, -0.1) is 0 Å². The summed E-state index contributed by atoms with van der Waals surface area (Å²) in [5, 5.41) is 2.82. The average Bonchev–Trinajstić information content (AvgIpc) is 2.43. The Hall–Kier alpha value is -1.21. The second-order valence-electron chi connectivity index (χ2n) is 5.53. The molecule has 2 unspecified atom stereocenters. The van der Waals surface area contributed by atoms with Crippen molar-refractivity contribution in [2.75, 3.05) is 19.8 Å². The van der Waals surface area contributed by atoms with Gasteiger partial charge >= 0.3 is 0 Å². The minimum atomic E-state index is -0.609. The van der Waals surface area contributed by atoms with Gasteiger partial charge in [-0.25, -0.2) is 0 Å². The molecule has 0 spiro atoms. The van der Waals surface area contributed by atoms with Crippen LogP contribution in [0.4, 0.5) is 0 Å². The van der Waals surface area contributed by atoms with Gasteiger partial charge < -0.3 is 20.7 Å². The topological polar surface area (TPSA) is 84.7 Å². The molecule has 1 aliphatic heterocycles. The van der Waals surface area contributed by atoms with E-state index in [2.05, 4.69) is 5.32 Å². The van der Waals surface area contributed by atoms with E-state index in [1.54, 1.807) is 4.90 Å². The molecular formula is C14H25N3O3S. The van der Waals surface area contributed by atoms with E-state index in [9.17, 15) is 9.59 Å². The lowest BCUT2D eigenvalue weighted by atomic mass is 10.0. The second-order valence-corrected chi connectivity index (χ2v) is 6.00. The molecule has 2 amide bonds. The molecule has 0 aromatic heterocycles. The lowest BCUT2D eigenvalue weighted by Gasteiger charge is -2.36. The number of rotatable bonds is 6. The van der Waals surface area contributed by atoms with E-state index in [4.69, 9.17) is 22.7 Å². The van der Waals surface area contributed by atoms with Gasteiger partial charge in [-0.05, 0) is 20.3 Å². The molecule has 1 heterocycles. The Morgan fingerprint density at radius 2 is 2.14 bits per heavy atom. The van der Waals surface area contributed by atoms with Crippen molar-refractivity contribution in [2.45, 2.75) is 45.7 Å². The molecule has 0 radical (unpaired) electrons. The van der Waals surface area contributed by atoms with Crippen molar-refractivity contribution in [3.05, 3.63) is 0 Å². The third kappa shape index (κ3) is 4.93. The Balaban J connectivity index is 2.86. The van der Waals surface area contributed by atoms with Crippen LogP contribution in [0, 0.1) is 5.92 Å². The third-order valence-electron chi connectivity index (χ3n) is 3.36.